The molecule has 0 radical (unpaired) electrons. The highest BCUT2D eigenvalue weighted by atomic mass is 16.4. The summed E-state index contributed by atoms with van der Waals surface area (Å²) in [4.78, 5) is 10.9. The highest BCUT2D eigenvalue weighted by molar-refractivity contribution is 5.69. The van der Waals surface area contributed by atoms with E-state index in [4.69, 9.17) is 5.11 Å². The van der Waals surface area contributed by atoms with Crippen molar-refractivity contribution < 1.29 is 9.90 Å². The van der Waals surface area contributed by atoms with Gasteiger partial charge in [0.25, 0.3) is 0 Å². The van der Waals surface area contributed by atoms with Crippen LogP contribution in [0.2, 0.25) is 0 Å². The minimum atomic E-state index is -0.617. The van der Waals surface area contributed by atoms with Gasteiger partial charge in [0.2, 0.25) is 0 Å². The van der Waals surface area contributed by atoms with Gasteiger partial charge in [-0.1, -0.05) is 103 Å². The van der Waals surface area contributed by atoms with Crippen LogP contribution in [-0.4, -0.2) is 11.1 Å². The Balaban J connectivity index is 3.19. The predicted molar refractivity (Wildman–Crippen MR) is 115 cm³/mol. The number of allylic oxidation sites excluding steroid dienone is 2. The van der Waals surface area contributed by atoms with Crippen molar-refractivity contribution in [2.75, 3.05) is 0 Å². The minimum absolute atomic E-state index is 0.121. The highest BCUT2D eigenvalue weighted by Gasteiger charge is 2.13. The third-order valence-corrected chi connectivity index (χ3v) is 5.41. The van der Waals surface area contributed by atoms with E-state index in [2.05, 4.69) is 19.1 Å². The van der Waals surface area contributed by atoms with Crippen LogP contribution in [0, 0.1) is 5.92 Å². The van der Waals surface area contributed by atoms with Crippen molar-refractivity contribution >= 4 is 5.97 Å². The molecule has 0 aliphatic carbocycles. The van der Waals surface area contributed by atoms with E-state index in [9.17, 15) is 4.79 Å². The molecule has 26 heavy (non-hydrogen) atoms. The fourth-order valence-corrected chi connectivity index (χ4v) is 3.49. The molecule has 1 N–H and O–H groups in total. The topological polar surface area (TPSA) is 37.3 Å². The number of hydrogen-bond acceptors (Lipinski definition) is 1. The van der Waals surface area contributed by atoms with Crippen LogP contribution < -0.4 is 0 Å². The van der Waals surface area contributed by atoms with Crippen LogP contribution in [0.5, 0.6) is 0 Å². The number of carbonyl (C=O) groups is 1. The molecule has 0 spiro atoms. The van der Waals surface area contributed by atoms with E-state index in [-0.39, 0.29) is 5.92 Å². The van der Waals surface area contributed by atoms with E-state index in [1.165, 1.54) is 96.3 Å². The van der Waals surface area contributed by atoms with Crippen molar-refractivity contribution in [1.82, 2.24) is 0 Å². The summed E-state index contributed by atoms with van der Waals surface area (Å²) in [6, 6.07) is 0. The lowest BCUT2D eigenvalue weighted by Crippen LogP contribution is -2.12. The molecule has 0 saturated carbocycles. The summed E-state index contributed by atoms with van der Waals surface area (Å²) in [6.07, 6.45) is 27.5. The number of carboxylic acids is 1. The molecule has 0 aromatic heterocycles. The predicted octanol–water partition coefficient (Wildman–Crippen LogP) is 8.31. The molecule has 0 heterocycles. The Morgan fingerprint density at radius 3 is 1.54 bits per heavy atom. The first kappa shape index (κ1) is 25.2. The number of unbranched alkanes of at least 4 members (excludes halogenated alkanes) is 14. The zero-order chi connectivity index (χ0) is 19.3. The molecule has 0 aliphatic rings. The Morgan fingerprint density at radius 2 is 1.12 bits per heavy atom. The van der Waals surface area contributed by atoms with Crippen molar-refractivity contribution in [3.05, 3.63) is 12.2 Å². The molecule has 0 saturated heterocycles. The fourth-order valence-electron chi connectivity index (χ4n) is 3.49. The molecule has 1 unspecified atom stereocenters. The molecule has 0 fully saturated rings. The van der Waals surface area contributed by atoms with E-state index in [1.807, 2.05) is 6.92 Å². The number of rotatable bonds is 20. The lowest BCUT2D eigenvalue weighted by Gasteiger charge is -2.08. The molecule has 0 aliphatic heterocycles. The minimum Gasteiger partial charge on any atom is -0.481 e. The molecular formula is C24H46O2. The van der Waals surface area contributed by atoms with Gasteiger partial charge >= 0.3 is 5.97 Å². The first-order valence-electron chi connectivity index (χ1n) is 11.6. The van der Waals surface area contributed by atoms with E-state index >= 15 is 0 Å². The average Bonchev–Trinajstić information content (AvgIpc) is 2.63. The fraction of sp³-hybridized carbons (Fsp3) is 0.875. The van der Waals surface area contributed by atoms with Gasteiger partial charge in [-0.2, -0.15) is 0 Å². The summed E-state index contributed by atoms with van der Waals surface area (Å²) in [5.41, 5.74) is 0. The largest absolute Gasteiger partial charge is 0.481 e. The zero-order valence-electron chi connectivity index (χ0n) is 17.8. The Hall–Kier alpha value is -0.790. The van der Waals surface area contributed by atoms with Gasteiger partial charge in [0.1, 0.15) is 0 Å². The molecule has 2 heteroatoms. The second-order valence-electron chi connectivity index (χ2n) is 7.88. The number of aliphatic carboxylic acids is 1. The van der Waals surface area contributed by atoms with Crippen LogP contribution in [0.4, 0.5) is 0 Å². The third kappa shape index (κ3) is 18.0. The number of hydrogen-bond donors (Lipinski definition) is 1. The smallest absolute Gasteiger partial charge is 0.306 e. The first-order chi connectivity index (χ1) is 12.7. The van der Waals surface area contributed by atoms with Gasteiger partial charge in [-0.3, -0.25) is 4.79 Å². The Labute approximate surface area is 163 Å². The highest BCUT2D eigenvalue weighted by Crippen LogP contribution is 2.16. The van der Waals surface area contributed by atoms with Gasteiger partial charge in [0.05, 0.1) is 5.92 Å². The Kier molecular flexibility index (Phi) is 19.9. The van der Waals surface area contributed by atoms with Crippen LogP contribution >= 0.6 is 0 Å². The van der Waals surface area contributed by atoms with Crippen LogP contribution in [-0.2, 0) is 4.79 Å². The summed E-state index contributed by atoms with van der Waals surface area (Å²) >= 11 is 0. The van der Waals surface area contributed by atoms with Gasteiger partial charge in [-0.15, -0.1) is 0 Å². The van der Waals surface area contributed by atoms with Crippen molar-refractivity contribution in [3.8, 4) is 0 Å². The molecule has 0 aromatic rings. The Morgan fingerprint density at radius 1 is 0.692 bits per heavy atom. The average molecular weight is 367 g/mol. The van der Waals surface area contributed by atoms with Crippen molar-refractivity contribution in [1.29, 1.82) is 0 Å². The van der Waals surface area contributed by atoms with Gasteiger partial charge in [0.15, 0.2) is 0 Å². The van der Waals surface area contributed by atoms with Gasteiger partial charge in [0, 0.05) is 0 Å². The maximum absolute atomic E-state index is 10.9. The van der Waals surface area contributed by atoms with E-state index in [0.717, 1.165) is 19.3 Å². The van der Waals surface area contributed by atoms with Crippen LogP contribution in [0.1, 0.15) is 129 Å². The lowest BCUT2D eigenvalue weighted by molar-refractivity contribution is -0.142. The monoisotopic (exact) mass is 366 g/mol. The molecule has 2 nitrogen and oxygen atoms in total. The molecule has 0 aromatic carbocycles. The molecule has 154 valence electrons. The van der Waals surface area contributed by atoms with E-state index in [1.54, 1.807) is 0 Å². The molecular weight excluding hydrogens is 320 g/mol. The van der Waals surface area contributed by atoms with Crippen molar-refractivity contribution in [3.63, 3.8) is 0 Å². The van der Waals surface area contributed by atoms with Gasteiger partial charge < -0.3 is 5.11 Å². The van der Waals surface area contributed by atoms with Gasteiger partial charge in [-0.25, -0.2) is 0 Å². The lowest BCUT2D eigenvalue weighted by atomic mass is 9.98. The third-order valence-electron chi connectivity index (χ3n) is 5.41. The zero-order valence-corrected chi connectivity index (χ0v) is 17.8. The summed E-state index contributed by atoms with van der Waals surface area (Å²) in [6.45, 7) is 4.25. The van der Waals surface area contributed by atoms with E-state index in [0.29, 0.717) is 0 Å². The standard InChI is InChI=1S/C24H46O2/c1-3-5-6-7-8-9-10-11-12-13-14-15-16-17-18-19-20-21-22-23(4-2)24(25)26/h11-12,23H,3-10,13-22H2,1-2H3,(H,25,26)/b12-11-. The summed E-state index contributed by atoms with van der Waals surface area (Å²) < 4.78 is 0. The van der Waals surface area contributed by atoms with Crippen molar-refractivity contribution in [2.45, 2.75) is 129 Å². The quantitative estimate of drug-likeness (QED) is 0.174. The summed E-state index contributed by atoms with van der Waals surface area (Å²) in [7, 11) is 0. The SMILES string of the molecule is CCCCCCCC/C=C\CCCCCCCCCCC(CC)C(=O)O. The van der Waals surface area contributed by atoms with Crippen molar-refractivity contribution in [2.24, 2.45) is 5.92 Å². The summed E-state index contributed by atoms with van der Waals surface area (Å²) in [5, 5.41) is 9.01. The second-order valence-corrected chi connectivity index (χ2v) is 7.88. The number of carboxylic acid groups (broad SMARTS) is 1. The maximum Gasteiger partial charge on any atom is 0.306 e. The molecule has 0 amide bonds. The van der Waals surface area contributed by atoms with E-state index < -0.39 is 5.97 Å². The molecule has 0 bridgehead atoms. The normalized spacial score (nSPS) is 12.7. The van der Waals surface area contributed by atoms with Crippen LogP contribution in [0.15, 0.2) is 12.2 Å². The van der Waals surface area contributed by atoms with Crippen LogP contribution in [0.25, 0.3) is 0 Å². The second kappa shape index (κ2) is 20.5. The molecule has 1 atom stereocenters. The van der Waals surface area contributed by atoms with Gasteiger partial charge in [-0.05, 0) is 38.5 Å². The van der Waals surface area contributed by atoms with Crippen LogP contribution in [0.3, 0.4) is 0 Å². The molecule has 0 rings (SSSR count). The Bertz CT molecular complexity index is 322. The summed E-state index contributed by atoms with van der Waals surface area (Å²) in [5.74, 6) is -0.738. The maximum atomic E-state index is 10.9. The first-order valence-corrected chi connectivity index (χ1v) is 11.6.